The molecule has 10 heavy (non-hydrogen) atoms. The van der Waals surface area contributed by atoms with Crippen molar-refractivity contribution in [3.8, 4) is 0 Å². The van der Waals surface area contributed by atoms with E-state index in [0.29, 0.717) is 6.42 Å². The molecule has 1 rings (SSSR count). The van der Waals surface area contributed by atoms with Crippen molar-refractivity contribution < 1.29 is 9.53 Å². The highest BCUT2D eigenvalue weighted by Gasteiger charge is 2.22. The first-order valence-electron chi connectivity index (χ1n) is 3.54. The van der Waals surface area contributed by atoms with Crippen LogP contribution in [0.15, 0.2) is 0 Å². The average molecular weight is 163 g/mol. The summed E-state index contributed by atoms with van der Waals surface area (Å²) in [7, 11) is 0. The van der Waals surface area contributed by atoms with Crippen LogP contribution in [0.25, 0.3) is 0 Å². The molecule has 0 saturated carbocycles. The summed E-state index contributed by atoms with van der Waals surface area (Å²) in [5.74, 6) is 0. The molecule has 0 radical (unpaired) electrons. The minimum Gasteiger partial charge on any atom is -0.376 e. The highest BCUT2D eigenvalue weighted by molar-refractivity contribution is 6.21. The van der Waals surface area contributed by atoms with Crippen molar-refractivity contribution in [3.63, 3.8) is 0 Å². The molecule has 0 aliphatic carbocycles. The summed E-state index contributed by atoms with van der Waals surface area (Å²) >= 11 is 5.88. The largest absolute Gasteiger partial charge is 0.376 e. The van der Waals surface area contributed by atoms with Gasteiger partial charge in [0, 0.05) is 13.0 Å². The normalized spacial score (nSPS) is 33.7. The van der Waals surface area contributed by atoms with Gasteiger partial charge in [0.05, 0.1) is 11.5 Å². The van der Waals surface area contributed by atoms with Gasteiger partial charge >= 0.3 is 0 Å². The second-order valence-corrected chi connectivity index (χ2v) is 3.03. The van der Waals surface area contributed by atoms with Gasteiger partial charge in [-0.15, -0.1) is 11.6 Å². The maximum atomic E-state index is 10.1. The van der Waals surface area contributed by atoms with Crippen LogP contribution in [0.2, 0.25) is 0 Å². The Morgan fingerprint density at radius 1 is 1.70 bits per heavy atom. The third-order valence-corrected chi connectivity index (χ3v) is 2.19. The van der Waals surface area contributed by atoms with Gasteiger partial charge in [-0.25, -0.2) is 0 Å². The fourth-order valence-electron chi connectivity index (χ4n) is 1.11. The topological polar surface area (TPSA) is 26.3 Å². The first-order valence-corrected chi connectivity index (χ1v) is 3.97. The summed E-state index contributed by atoms with van der Waals surface area (Å²) in [6.07, 6.45) is 3.26. The first kappa shape index (κ1) is 8.02. The van der Waals surface area contributed by atoms with Gasteiger partial charge in [-0.2, -0.15) is 0 Å². The average Bonchev–Trinajstić information content (AvgIpc) is 1.94. The first-order chi connectivity index (χ1) is 4.84. The number of carbonyl (C=O) groups excluding carboxylic acids is 1. The zero-order valence-corrected chi connectivity index (χ0v) is 6.51. The van der Waals surface area contributed by atoms with Crippen LogP contribution in [0.4, 0.5) is 0 Å². The van der Waals surface area contributed by atoms with E-state index < -0.39 is 0 Å². The predicted molar refractivity (Wildman–Crippen MR) is 39.3 cm³/mol. The Hall–Kier alpha value is -0.0800. The Morgan fingerprint density at radius 2 is 2.50 bits per heavy atom. The third-order valence-electron chi connectivity index (χ3n) is 1.69. The van der Waals surface area contributed by atoms with Crippen LogP contribution >= 0.6 is 11.6 Å². The summed E-state index contributed by atoms with van der Waals surface area (Å²) in [4.78, 5) is 10.1. The molecule has 1 saturated heterocycles. The lowest BCUT2D eigenvalue weighted by atomic mass is 10.1. The summed E-state index contributed by atoms with van der Waals surface area (Å²) < 4.78 is 5.27. The zero-order valence-electron chi connectivity index (χ0n) is 5.75. The van der Waals surface area contributed by atoms with Crippen LogP contribution in [-0.4, -0.2) is 24.4 Å². The third kappa shape index (κ3) is 1.96. The molecule has 3 heteroatoms. The molecule has 0 bridgehead atoms. The van der Waals surface area contributed by atoms with Gasteiger partial charge in [-0.3, -0.25) is 0 Å². The van der Waals surface area contributed by atoms with E-state index in [1.807, 2.05) is 0 Å². The molecule has 0 spiro atoms. The highest BCUT2D eigenvalue weighted by atomic mass is 35.5. The molecule has 0 amide bonds. The Morgan fingerprint density at radius 3 is 3.10 bits per heavy atom. The van der Waals surface area contributed by atoms with Gasteiger partial charge in [0.25, 0.3) is 0 Å². The minimum absolute atomic E-state index is 0.0343. The molecular weight excluding hydrogens is 152 g/mol. The number of hydrogen-bond acceptors (Lipinski definition) is 2. The smallest absolute Gasteiger partial charge is 0.122 e. The van der Waals surface area contributed by atoms with Crippen molar-refractivity contribution in [2.45, 2.75) is 30.7 Å². The molecule has 2 atom stereocenters. The summed E-state index contributed by atoms with van der Waals surface area (Å²) in [5.41, 5.74) is 0. The van der Waals surface area contributed by atoms with Crippen molar-refractivity contribution in [3.05, 3.63) is 0 Å². The van der Waals surface area contributed by atoms with E-state index in [-0.39, 0.29) is 11.5 Å². The molecule has 0 aromatic carbocycles. The van der Waals surface area contributed by atoms with Crippen molar-refractivity contribution in [1.29, 1.82) is 0 Å². The van der Waals surface area contributed by atoms with E-state index in [0.717, 1.165) is 25.7 Å². The molecule has 0 N–H and O–H groups in total. The van der Waals surface area contributed by atoms with Crippen LogP contribution in [0.5, 0.6) is 0 Å². The Bertz CT molecular complexity index is 116. The van der Waals surface area contributed by atoms with Crippen molar-refractivity contribution in [2.75, 3.05) is 6.61 Å². The molecule has 0 aromatic heterocycles. The Labute approximate surface area is 65.5 Å². The molecule has 2 nitrogen and oxygen atoms in total. The fraction of sp³-hybridized carbons (Fsp3) is 0.857. The maximum Gasteiger partial charge on any atom is 0.122 e. The summed E-state index contributed by atoms with van der Waals surface area (Å²) in [5, 5.41) is 0.0407. The molecular formula is C7H11ClO2. The van der Waals surface area contributed by atoms with Gasteiger partial charge in [0.1, 0.15) is 6.29 Å². The molecule has 0 aromatic rings. The van der Waals surface area contributed by atoms with Gasteiger partial charge < -0.3 is 9.53 Å². The number of ether oxygens (including phenoxy) is 1. The van der Waals surface area contributed by atoms with Crippen molar-refractivity contribution in [1.82, 2.24) is 0 Å². The van der Waals surface area contributed by atoms with Gasteiger partial charge in [0.2, 0.25) is 0 Å². The number of rotatable bonds is 2. The SMILES string of the molecule is O=CCC1OCCCC1Cl. The summed E-state index contributed by atoms with van der Waals surface area (Å²) in [6, 6.07) is 0. The number of hydrogen-bond donors (Lipinski definition) is 0. The zero-order chi connectivity index (χ0) is 7.40. The monoisotopic (exact) mass is 162 g/mol. The van der Waals surface area contributed by atoms with Crippen molar-refractivity contribution >= 4 is 17.9 Å². The summed E-state index contributed by atoms with van der Waals surface area (Å²) in [6.45, 7) is 0.752. The van der Waals surface area contributed by atoms with E-state index in [1.54, 1.807) is 0 Å². The lowest BCUT2D eigenvalue weighted by Gasteiger charge is -2.25. The quantitative estimate of drug-likeness (QED) is 0.453. The van der Waals surface area contributed by atoms with E-state index >= 15 is 0 Å². The molecule has 1 fully saturated rings. The lowest BCUT2D eigenvalue weighted by Crippen LogP contribution is -2.30. The van der Waals surface area contributed by atoms with Crippen LogP contribution < -0.4 is 0 Å². The molecule has 1 heterocycles. The lowest BCUT2D eigenvalue weighted by molar-refractivity contribution is -0.111. The second kappa shape index (κ2) is 3.94. The Kier molecular flexibility index (Phi) is 3.16. The molecule has 1 aliphatic heterocycles. The fourth-order valence-corrected chi connectivity index (χ4v) is 1.44. The Balaban J connectivity index is 2.32. The molecule has 58 valence electrons. The van der Waals surface area contributed by atoms with Gasteiger partial charge in [-0.1, -0.05) is 0 Å². The van der Waals surface area contributed by atoms with E-state index in [1.165, 1.54) is 0 Å². The van der Waals surface area contributed by atoms with E-state index in [2.05, 4.69) is 0 Å². The maximum absolute atomic E-state index is 10.1. The standard InChI is InChI=1S/C7H11ClO2/c8-6-2-1-5-10-7(6)3-4-9/h4,6-7H,1-3,5H2. The predicted octanol–water partition coefficient (Wildman–Crippen LogP) is 1.36. The highest BCUT2D eigenvalue weighted by Crippen LogP contribution is 2.20. The number of carbonyl (C=O) groups is 1. The number of halogens is 1. The minimum atomic E-state index is -0.0343. The van der Waals surface area contributed by atoms with Crippen LogP contribution in [0.3, 0.4) is 0 Å². The van der Waals surface area contributed by atoms with Crippen molar-refractivity contribution in [2.24, 2.45) is 0 Å². The van der Waals surface area contributed by atoms with Crippen LogP contribution in [0, 0.1) is 0 Å². The van der Waals surface area contributed by atoms with Crippen LogP contribution in [-0.2, 0) is 9.53 Å². The van der Waals surface area contributed by atoms with Crippen LogP contribution in [0.1, 0.15) is 19.3 Å². The second-order valence-electron chi connectivity index (χ2n) is 2.47. The molecule has 1 aliphatic rings. The molecule has 2 unspecified atom stereocenters. The van der Waals surface area contributed by atoms with Gasteiger partial charge in [-0.05, 0) is 12.8 Å². The van der Waals surface area contributed by atoms with Gasteiger partial charge in [0.15, 0.2) is 0 Å². The van der Waals surface area contributed by atoms with E-state index in [9.17, 15) is 4.79 Å². The number of alkyl halides is 1. The number of aldehydes is 1. The van der Waals surface area contributed by atoms with E-state index in [4.69, 9.17) is 16.3 Å².